The molecule has 0 aliphatic heterocycles. The fourth-order valence-electron chi connectivity index (χ4n) is 3.58. The van der Waals surface area contributed by atoms with Crippen LogP contribution in [0.3, 0.4) is 0 Å². The number of aryl methyl sites for hydroxylation is 3. The zero-order valence-electron chi connectivity index (χ0n) is 14.9. The third-order valence-corrected chi connectivity index (χ3v) is 5.91. The van der Waals surface area contributed by atoms with Crippen molar-refractivity contribution in [2.45, 2.75) is 45.7 Å². The molecule has 1 aromatic carbocycles. The van der Waals surface area contributed by atoms with E-state index in [4.69, 9.17) is 0 Å². The van der Waals surface area contributed by atoms with E-state index < -0.39 is 0 Å². The molecule has 134 valence electrons. The van der Waals surface area contributed by atoms with Gasteiger partial charge in [-0.25, -0.2) is 4.98 Å². The summed E-state index contributed by atoms with van der Waals surface area (Å²) in [6, 6.07) is 8.19. The van der Waals surface area contributed by atoms with E-state index in [0.717, 1.165) is 28.1 Å². The summed E-state index contributed by atoms with van der Waals surface area (Å²) in [5.74, 6) is -0.187. The van der Waals surface area contributed by atoms with E-state index in [2.05, 4.69) is 28.5 Å². The summed E-state index contributed by atoms with van der Waals surface area (Å²) in [7, 11) is 0. The summed E-state index contributed by atoms with van der Waals surface area (Å²) < 4.78 is 1.37. The number of benzene rings is 1. The van der Waals surface area contributed by atoms with E-state index in [1.165, 1.54) is 39.8 Å². The van der Waals surface area contributed by atoms with Crippen molar-refractivity contribution in [1.82, 2.24) is 14.9 Å². The molecule has 1 aliphatic carbocycles. The van der Waals surface area contributed by atoms with E-state index in [1.54, 1.807) is 0 Å². The summed E-state index contributed by atoms with van der Waals surface area (Å²) in [5.41, 5.74) is 3.75. The van der Waals surface area contributed by atoms with Crippen LogP contribution in [0.2, 0.25) is 0 Å². The number of hydrogen-bond donors (Lipinski definition) is 1. The highest BCUT2D eigenvalue weighted by Crippen LogP contribution is 2.25. The first-order chi connectivity index (χ1) is 12.5. The number of carbonyl (C=O) groups excluding carboxylic acids is 1. The lowest BCUT2D eigenvalue weighted by molar-refractivity contribution is -0.122. The molecule has 2 heterocycles. The van der Waals surface area contributed by atoms with E-state index in [1.807, 2.05) is 19.9 Å². The maximum absolute atomic E-state index is 12.5. The van der Waals surface area contributed by atoms with Gasteiger partial charge in [-0.2, -0.15) is 0 Å². The largest absolute Gasteiger partial charge is 0.348 e. The van der Waals surface area contributed by atoms with Crippen LogP contribution in [0.1, 0.15) is 41.0 Å². The smallest absolute Gasteiger partial charge is 0.262 e. The van der Waals surface area contributed by atoms with E-state index >= 15 is 0 Å². The Balaban J connectivity index is 1.48. The van der Waals surface area contributed by atoms with Gasteiger partial charge in [-0.3, -0.25) is 14.2 Å². The van der Waals surface area contributed by atoms with Gasteiger partial charge < -0.3 is 5.32 Å². The molecule has 1 N–H and O–H groups in total. The molecule has 3 aromatic rings. The number of nitrogens with zero attached hydrogens (tertiary/aromatic N) is 2. The maximum Gasteiger partial charge on any atom is 0.262 e. The summed E-state index contributed by atoms with van der Waals surface area (Å²) in [5, 5.41) is 3.57. The van der Waals surface area contributed by atoms with Gasteiger partial charge >= 0.3 is 0 Å². The Bertz CT molecular complexity index is 1050. The normalized spacial score (nSPS) is 14.4. The first-order valence-corrected chi connectivity index (χ1v) is 9.69. The minimum absolute atomic E-state index is 0.0219. The van der Waals surface area contributed by atoms with Crippen LogP contribution < -0.4 is 10.9 Å². The molecule has 0 saturated carbocycles. The molecule has 5 nitrogen and oxygen atoms in total. The van der Waals surface area contributed by atoms with Gasteiger partial charge in [0.05, 0.1) is 17.8 Å². The van der Waals surface area contributed by atoms with Crippen molar-refractivity contribution >= 4 is 27.5 Å². The predicted octanol–water partition coefficient (Wildman–Crippen LogP) is 3.13. The number of fused-ring (bicyclic) bond motifs is 2. The number of nitrogens with one attached hydrogen (secondary N) is 1. The second-order valence-electron chi connectivity index (χ2n) is 6.92. The molecular formula is C20H21N3O2S. The number of thiophene rings is 1. The maximum atomic E-state index is 12.5. The van der Waals surface area contributed by atoms with Crippen LogP contribution >= 0.6 is 11.3 Å². The highest BCUT2D eigenvalue weighted by Gasteiger charge is 2.16. The van der Waals surface area contributed by atoms with Crippen LogP contribution in [0.25, 0.3) is 10.2 Å². The topological polar surface area (TPSA) is 64.0 Å². The van der Waals surface area contributed by atoms with E-state index in [-0.39, 0.29) is 24.1 Å². The molecule has 0 radical (unpaired) electrons. The van der Waals surface area contributed by atoms with Crippen molar-refractivity contribution in [3.8, 4) is 0 Å². The van der Waals surface area contributed by atoms with Crippen molar-refractivity contribution in [1.29, 1.82) is 0 Å². The van der Waals surface area contributed by atoms with Crippen LogP contribution in [0.15, 0.2) is 35.4 Å². The van der Waals surface area contributed by atoms with Gasteiger partial charge in [-0.05, 0) is 55.9 Å². The number of hydrogen-bond acceptors (Lipinski definition) is 4. The molecule has 26 heavy (non-hydrogen) atoms. The molecule has 1 atom stereocenters. The van der Waals surface area contributed by atoms with Crippen LogP contribution in [-0.4, -0.2) is 15.5 Å². The first-order valence-electron chi connectivity index (χ1n) is 8.88. The van der Waals surface area contributed by atoms with E-state index in [0.29, 0.717) is 5.39 Å². The first kappa shape index (κ1) is 17.0. The lowest BCUT2D eigenvalue weighted by Gasteiger charge is -2.16. The molecule has 0 saturated heterocycles. The van der Waals surface area contributed by atoms with Gasteiger partial charge in [0, 0.05) is 4.88 Å². The third kappa shape index (κ3) is 3.17. The predicted molar refractivity (Wildman–Crippen MR) is 104 cm³/mol. The average molecular weight is 367 g/mol. The van der Waals surface area contributed by atoms with Gasteiger partial charge in [-0.15, -0.1) is 11.3 Å². The minimum Gasteiger partial charge on any atom is -0.348 e. The molecule has 6 heteroatoms. The molecule has 0 bridgehead atoms. The Morgan fingerprint density at radius 3 is 2.96 bits per heavy atom. The molecular weight excluding hydrogens is 346 g/mol. The Morgan fingerprint density at radius 1 is 1.31 bits per heavy atom. The van der Waals surface area contributed by atoms with Crippen molar-refractivity contribution in [3.63, 3.8) is 0 Å². The van der Waals surface area contributed by atoms with Gasteiger partial charge in [-0.1, -0.05) is 18.2 Å². The Kier molecular flexibility index (Phi) is 4.36. The van der Waals surface area contributed by atoms with Crippen molar-refractivity contribution < 1.29 is 4.79 Å². The molecule has 1 aliphatic rings. The highest BCUT2D eigenvalue weighted by molar-refractivity contribution is 7.18. The Morgan fingerprint density at radius 2 is 2.12 bits per heavy atom. The van der Waals surface area contributed by atoms with Gasteiger partial charge in [0.2, 0.25) is 5.91 Å². The number of aromatic nitrogens is 2. The summed E-state index contributed by atoms with van der Waals surface area (Å²) in [4.78, 5) is 31.0. The fourth-order valence-corrected chi connectivity index (χ4v) is 4.42. The summed E-state index contributed by atoms with van der Waals surface area (Å²) >= 11 is 1.49. The summed E-state index contributed by atoms with van der Waals surface area (Å²) in [6.45, 7) is 3.90. The third-order valence-electron chi connectivity index (χ3n) is 4.96. The minimum atomic E-state index is -0.187. The van der Waals surface area contributed by atoms with Crippen molar-refractivity contribution in [2.75, 3.05) is 0 Å². The zero-order chi connectivity index (χ0) is 18.3. The Labute approximate surface area is 155 Å². The molecule has 4 rings (SSSR count). The molecule has 0 fully saturated rings. The van der Waals surface area contributed by atoms with Gasteiger partial charge in [0.15, 0.2) is 0 Å². The zero-order valence-corrected chi connectivity index (χ0v) is 15.7. The van der Waals surface area contributed by atoms with Crippen LogP contribution in [0, 0.1) is 6.92 Å². The van der Waals surface area contributed by atoms with Gasteiger partial charge in [0.1, 0.15) is 11.4 Å². The average Bonchev–Trinajstić information content (AvgIpc) is 3.22. The lowest BCUT2D eigenvalue weighted by Crippen LogP contribution is -2.33. The second kappa shape index (κ2) is 6.68. The fraction of sp³-hybridized carbons (Fsp3) is 0.350. The Hall–Kier alpha value is -2.47. The number of carbonyl (C=O) groups is 1. The van der Waals surface area contributed by atoms with Crippen LogP contribution in [0.5, 0.6) is 0 Å². The standard InChI is InChI=1S/C20H21N3O2S/c1-12-8-17-19(26-12)21-11-23(20(17)25)10-18(24)22-13(2)15-7-6-14-4-3-5-16(14)9-15/h6-9,11,13H,3-5,10H2,1-2H3,(H,22,24)/t13-/m0/s1. The van der Waals surface area contributed by atoms with Crippen molar-refractivity contribution in [2.24, 2.45) is 0 Å². The number of amides is 1. The SMILES string of the molecule is Cc1cc2c(=O)n(CC(=O)N[C@@H](C)c3ccc4c(c3)CCC4)cnc2s1. The quantitative estimate of drug-likeness (QED) is 0.770. The van der Waals surface area contributed by atoms with E-state index in [9.17, 15) is 9.59 Å². The van der Waals surface area contributed by atoms with Crippen LogP contribution in [0.4, 0.5) is 0 Å². The van der Waals surface area contributed by atoms with Gasteiger partial charge in [0.25, 0.3) is 5.56 Å². The molecule has 2 aromatic heterocycles. The molecule has 0 unspecified atom stereocenters. The van der Waals surface area contributed by atoms with Crippen LogP contribution in [-0.2, 0) is 24.2 Å². The molecule has 0 spiro atoms. The highest BCUT2D eigenvalue weighted by atomic mass is 32.1. The monoisotopic (exact) mass is 367 g/mol. The van der Waals surface area contributed by atoms with Crippen molar-refractivity contribution in [3.05, 3.63) is 62.5 Å². The number of rotatable bonds is 4. The lowest BCUT2D eigenvalue weighted by atomic mass is 10.0. The summed E-state index contributed by atoms with van der Waals surface area (Å²) in [6.07, 6.45) is 4.93. The second-order valence-corrected chi connectivity index (χ2v) is 8.16. The molecule has 1 amide bonds.